The van der Waals surface area contributed by atoms with Gasteiger partial charge in [0.25, 0.3) is 5.91 Å². The molecule has 0 atom stereocenters. The third kappa shape index (κ3) is 3.07. The quantitative estimate of drug-likeness (QED) is 0.886. The topological polar surface area (TPSA) is 75.6 Å². The van der Waals surface area contributed by atoms with Crippen LogP contribution in [0.2, 0.25) is 0 Å². The molecule has 108 valence electrons. The molecule has 2 aromatic rings. The van der Waals surface area contributed by atoms with Gasteiger partial charge in [-0.25, -0.2) is 4.98 Å². The highest BCUT2D eigenvalue weighted by Crippen LogP contribution is 2.23. The maximum absolute atomic E-state index is 12.2. The van der Waals surface area contributed by atoms with Gasteiger partial charge in [-0.1, -0.05) is 20.8 Å². The highest BCUT2D eigenvalue weighted by Gasteiger charge is 2.23. The van der Waals surface area contributed by atoms with E-state index in [1.807, 2.05) is 38.6 Å². The van der Waals surface area contributed by atoms with Crippen LogP contribution in [-0.4, -0.2) is 32.2 Å². The molecule has 2 aromatic heterocycles. The number of hydrogen-bond acceptors (Lipinski definition) is 3. The third-order valence-corrected chi connectivity index (χ3v) is 3.22. The number of nitrogens with zero attached hydrogens (tertiary/aromatic N) is 3. The molecule has 0 saturated carbocycles. The van der Waals surface area contributed by atoms with E-state index in [4.69, 9.17) is 0 Å². The van der Waals surface area contributed by atoms with E-state index >= 15 is 0 Å². The van der Waals surface area contributed by atoms with Crippen LogP contribution in [0.25, 0.3) is 0 Å². The zero-order valence-electron chi connectivity index (χ0n) is 12.4. The van der Waals surface area contributed by atoms with Crippen LogP contribution in [0.3, 0.4) is 0 Å². The largest absolute Gasteiger partial charge is 0.352 e. The number of aromatic amines is 1. The van der Waals surface area contributed by atoms with Crippen molar-refractivity contribution < 1.29 is 4.79 Å². The minimum atomic E-state index is -0.134. The standard InChI is InChI=1S/C14H21N5O/c1-14(2,3)12-11(8-17-18-12)13(20)16-6-5-10-7-15-9-19(10)4/h7-9H,5-6H2,1-4H3,(H,16,20)(H,17,18). The molecule has 0 bridgehead atoms. The lowest BCUT2D eigenvalue weighted by Crippen LogP contribution is -2.28. The fourth-order valence-electron chi connectivity index (χ4n) is 2.05. The summed E-state index contributed by atoms with van der Waals surface area (Å²) >= 11 is 0. The Morgan fingerprint density at radius 2 is 2.15 bits per heavy atom. The summed E-state index contributed by atoms with van der Waals surface area (Å²) in [7, 11) is 1.94. The van der Waals surface area contributed by atoms with E-state index in [1.165, 1.54) is 0 Å². The van der Waals surface area contributed by atoms with Gasteiger partial charge >= 0.3 is 0 Å². The van der Waals surface area contributed by atoms with Crippen LogP contribution in [0.5, 0.6) is 0 Å². The Kier molecular flexibility index (Phi) is 3.92. The van der Waals surface area contributed by atoms with Crippen LogP contribution in [-0.2, 0) is 18.9 Å². The molecule has 20 heavy (non-hydrogen) atoms. The van der Waals surface area contributed by atoms with Gasteiger partial charge in [-0.05, 0) is 0 Å². The van der Waals surface area contributed by atoms with Crippen LogP contribution in [0, 0.1) is 0 Å². The molecule has 0 aliphatic rings. The fraction of sp³-hybridized carbons (Fsp3) is 0.500. The molecule has 0 saturated heterocycles. The monoisotopic (exact) mass is 275 g/mol. The second-order valence-corrected chi connectivity index (χ2v) is 5.91. The predicted molar refractivity (Wildman–Crippen MR) is 76.5 cm³/mol. The lowest BCUT2D eigenvalue weighted by atomic mass is 9.89. The van der Waals surface area contributed by atoms with Gasteiger partial charge in [0.1, 0.15) is 0 Å². The normalized spacial score (nSPS) is 11.6. The molecule has 2 heterocycles. The van der Waals surface area contributed by atoms with Gasteiger partial charge in [0.05, 0.1) is 23.8 Å². The van der Waals surface area contributed by atoms with E-state index in [-0.39, 0.29) is 11.3 Å². The van der Waals surface area contributed by atoms with Gasteiger partial charge in [0, 0.05) is 37.3 Å². The molecule has 0 aliphatic carbocycles. The van der Waals surface area contributed by atoms with Gasteiger partial charge in [-0.15, -0.1) is 0 Å². The number of imidazole rings is 1. The molecular weight excluding hydrogens is 254 g/mol. The Balaban J connectivity index is 1.96. The van der Waals surface area contributed by atoms with Gasteiger partial charge in [0.2, 0.25) is 0 Å². The fourth-order valence-corrected chi connectivity index (χ4v) is 2.05. The summed E-state index contributed by atoms with van der Waals surface area (Å²) in [6, 6.07) is 0. The Morgan fingerprint density at radius 1 is 1.40 bits per heavy atom. The summed E-state index contributed by atoms with van der Waals surface area (Å²) in [4.78, 5) is 16.2. The minimum Gasteiger partial charge on any atom is -0.352 e. The smallest absolute Gasteiger partial charge is 0.254 e. The second kappa shape index (κ2) is 5.48. The van der Waals surface area contributed by atoms with Crippen molar-refractivity contribution in [1.29, 1.82) is 0 Å². The number of amides is 1. The molecule has 0 radical (unpaired) electrons. The summed E-state index contributed by atoms with van der Waals surface area (Å²) < 4.78 is 1.95. The van der Waals surface area contributed by atoms with Gasteiger partial charge in [-0.3, -0.25) is 9.89 Å². The van der Waals surface area contributed by atoms with Crippen molar-refractivity contribution in [3.63, 3.8) is 0 Å². The average molecular weight is 275 g/mol. The van der Waals surface area contributed by atoms with Gasteiger partial charge in [-0.2, -0.15) is 5.10 Å². The Labute approximate surface area is 118 Å². The Bertz CT molecular complexity index is 591. The van der Waals surface area contributed by atoms with E-state index < -0.39 is 0 Å². The van der Waals surface area contributed by atoms with Crippen molar-refractivity contribution in [1.82, 2.24) is 25.1 Å². The Morgan fingerprint density at radius 3 is 2.75 bits per heavy atom. The van der Waals surface area contributed by atoms with E-state index in [0.29, 0.717) is 12.1 Å². The number of aromatic nitrogens is 4. The summed E-state index contributed by atoms with van der Waals surface area (Å²) in [5.41, 5.74) is 2.43. The molecule has 6 heteroatoms. The number of rotatable bonds is 4. The average Bonchev–Trinajstić information content (AvgIpc) is 2.97. The number of nitrogens with one attached hydrogen (secondary N) is 2. The summed E-state index contributed by atoms with van der Waals surface area (Å²) in [5, 5.41) is 9.82. The zero-order chi connectivity index (χ0) is 14.8. The van der Waals surface area contributed by atoms with Crippen LogP contribution in [0.4, 0.5) is 0 Å². The summed E-state index contributed by atoms with van der Waals surface area (Å²) in [6.45, 7) is 6.72. The molecule has 6 nitrogen and oxygen atoms in total. The van der Waals surface area contributed by atoms with Crippen LogP contribution >= 0.6 is 0 Å². The third-order valence-electron chi connectivity index (χ3n) is 3.22. The molecule has 0 aromatic carbocycles. The number of aryl methyl sites for hydroxylation is 1. The maximum atomic E-state index is 12.2. The molecule has 2 N–H and O–H groups in total. The molecule has 0 fully saturated rings. The van der Waals surface area contributed by atoms with Crippen LogP contribution < -0.4 is 5.32 Å². The van der Waals surface area contributed by atoms with Crippen molar-refractivity contribution in [3.8, 4) is 0 Å². The first kappa shape index (κ1) is 14.3. The van der Waals surface area contributed by atoms with Crippen molar-refractivity contribution in [2.24, 2.45) is 7.05 Å². The maximum Gasteiger partial charge on any atom is 0.254 e. The van der Waals surface area contributed by atoms with E-state index in [9.17, 15) is 4.79 Å². The first-order chi connectivity index (χ1) is 9.39. The van der Waals surface area contributed by atoms with E-state index in [1.54, 1.807) is 12.5 Å². The number of H-pyrrole nitrogens is 1. The van der Waals surface area contributed by atoms with Crippen LogP contribution in [0.15, 0.2) is 18.7 Å². The van der Waals surface area contributed by atoms with Gasteiger partial charge in [0.15, 0.2) is 0 Å². The van der Waals surface area contributed by atoms with Crippen LogP contribution in [0.1, 0.15) is 42.5 Å². The minimum absolute atomic E-state index is 0.0918. The molecular formula is C14H21N5O. The molecule has 0 unspecified atom stereocenters. The predicted octanol–water partition coefficient (Wildman–Crippen LogP) is 1.41. The Hall–Kier alpha value is -2.11. The highest BCUT2D eigenvalue weighted by molar-refractivity contribution is 5.95. The van der Waals surface area contributed by atoms with Crippen molar-refractivity contribution in [2.75, 3.05) is 6.54 Å². The molecule has 2 rings (SSSR count). The van der Waals surface area contributed by atoms with Gasteiger partial charge < -0.3 is 9.88 Å². The lowest BCUT2D eigenvalue weighted by Gasteiger charge is -2.18. The highest BCUT2D eigenvalue weighted by atomic mass is 16.1. The lowest BCUT2D eigenvalue weighted by molar-refractivity contribution is 0.0952. The number of carbonyl (C=O) groups excluding carboxylic acids is 1. The number of carbonyl (C=O) groups is 1. The van der Waals surface area contributed by atoms with E-state index in [2.05, 4.69) is 20.5 Å². The molecule has 0 aliphatic heterocycles. The summed E-state index contributed by atoms with van der Waals surface area (Å²) in [5.74, 6) is -0.0918. The second-order valence-electron chi connectivity index (χ2n) is 5.91. The van der Waals surface area contributed by atoms with Crippen molar-refractivity contribution >= 4 is 5.91 Å². The zero-order valence-corrected chi connectivity index (χ0v) is 12.4. The molecule has 0 spiro atoms. The number of hydrogen-bond donors (Lipinski definition) is 2. The van der Waals surface area contributed by atoms with E-state index in [0.717, 1.165) is 17.8 Å². The molecule has 1 amide bonds. The SMILES string of the molecule is Cn1cncc1CCNC(=O)c1cn[nH]c1C(C)(C)C. The van der Waals surface area contributed by atoms with Crippen molar-refractivity contribution in [3.05, 3.63) is 35.7 Å². The summed E-state index contributed by atoms with van der Waals surface area (Å²) in [6.07, 6.45) is 5.90. The first-order valence-corrected chi connectivity index (χ1v) is 6.67. The van der Waals surface area contributed by atoms with Crippen molar-refractivity contribution in [2.45, 2.75) is 32.6 Å². The first-order valence-electron chi connectivity index (χ1n) is 6.67.